The van der Waals surface area contributed by atoms with E-state index in [0.717, 1.165) is 34.4 Å². The first-order chi connectivity index (χ1) is 9.15. The quantitative estimate of drug-likeness (QED) is 0.790. The fourth-order valence-corrected chi connectivity index (χ4v) is 2.95. The number of nitrogen functional groups attached to an aromatic ring is 1. The number of aryl methyl sites for hydroxylation is 2. The predicted molar refractivity (Wildman–Crippen MR) is 85.1 cm³/mol. The van der Waals surface area contributed by atoms with Crippen molar-refractivity contribution in [3.8, 4) is 0 Å². The van der Waals surface area contributed by atoms with Crippen molar-refractivity contribution in [2.24, 2.45) is 0 Å². The third-order valence-electron chi connectivity index (χ3n) is 3.77. The Labute approximate surface area is 126 Å². The second kappa shape index (κ2) is 5.07. The van der Waals surface area contributed by atoms with Crippen LogP contribution >= 0.6 is 22.6 Å². The minimum Gasteiger partial charge on any atom is -0.383 e. The minimum atomic E-state index is 0.396. The Morgan fingerprint density at radius 1 is 1.21 bits per heavy atom. The van der Waals surface area contributed by atoms with Crippen LogP contribution in [-0.4, -0.2) is 9.97 Å². The van der Waals surface area contributed by atoms with Crippen molar-refractivity contribution in [3.63, 3.8) is 0 Å². The number of halogens is 1. The number of hydrogen-bond acceptors (Lipinski definition) is 3. The molecule has 4 heteroatoms. The zero-order valence-corrected chi connectivity index (χ0v) is 13.0. The van der Waals surface area contributed by atoms with Gasteiger partial charge >= 0.3 is 0 Å². The highest BCUT2D eigenvalue weighted by atomic mass is 127. The molecular weight excluding hydrogens is 349 g/mol. The van der Waals surface area contributed by atoms with E-state index in [-0.39, 0.29) is 0 Å². The molecule has 1 aromatic heterocycles. The number of benzene rings is 1. The van der Waals surface area contributed by atoms with Gasteiger partial charge < -0.3 is 5.73 Å². The largest absolute Gasteiger partial charge is 0.383 e. The molecule has 0 radical (unpaired) electrons. The van der Waals surface area contributed by atoms with Gasteiger partial charge in [0.1, 0.15) is 11.6 Å². The van der Waals surface area contributed by atoms with E-state index >= 15 is 0 Å². The molecule has 0 saturated heterocycles. The second-order valence-corrected chi connectivity index (χ2v) is 6.15. The van der Waals surface area contributed by atoms with Crippen molar-refractivity contribution in [1.82, 2.24) is 9.97 Å². The van der Waals surface area contributed by atoms with Crippen molar-refractivity contribution in [3.05, 3.63) is 50.5 Å². The van der Waals surface area contributed by atoms with Crippen LogP contribution in [0.25, 0.3) is 0 Å². The number of nitrogens with zero attached hydrogens (tertiary/aromatic N) is 2. The third-order valence-corrected chi connectivity index (χ3v) is 5.10. The zero-order chi connectivity index (χ0) is 13.4. The Kier molecular flexibility index (Phi) is 3.43. The Morgan fingerprint density at radius 3 is 2.68 bits per heavy atom. The smallest absolute Gasteiger partial charge is 0.140 e. The van der Waals surface area contributed by atoms with Crippen molar-refractivity contribution >= 4 is 28.4 Å². The van der Waals surface area contributed by atoms with E-state index in [1.807, 2.05) is 6.92 Å². The first kappa shape index (κ1) is 12.8. The summed E-state index contributed by atoms with van der Waals surface area (Å²) < 4.78 is 0.970. The fraction of sp³-hybridized carbons (Fsp3) is 0.333. The van der Waals surface area contributed by atoms with Gasteiger partial charge in [0.05, 0.1) is 9.26 Å². The summed E-state index contributed by atoms with van der Waals surface area (Å²) in [5.74, 6) is 1.92. The first-order valence-corrected chi connectivity index (χ1v) is 7.59. The molecule has 0 bridgehead atoms. The third kappa shape index (κ3) is 2.45. The zero-order valence-electron chi connectivity index (χ0n) is 10.9. The van der Waals surface area contributed by atoms with Gasteiger partial charge in [0.2, 0.25) is 0 Å². The average molecular weight is 365 g/mol. The van der Waals surface area contributed by atoms with Crippen LogP contribution in [0.15, 0.2) is 24.3 Å². The van der Waals surface area contributed by atoms with Gasteiger partial charge in [0.15, 0.2) is 0 Å². The van der Waals surface area contributed by atoms with Crippen LogP contribution in [0, 0.1) is 10.5 Å². The van der Waals surface area contributed by atoms with Crippen molar-refractivity contribution < 1.29 is 0 Å². The molecule has 1 atom stereocenters. The van der Waals surface area contributed by atoms with Crippen LogP contribution < -0.4 is 5.73 Å². The lowest BCUT2D eigenvalue weighted by atomic mass is 9.83. The highest BCUT2D eigenvalue weighted by molar-refractivity contribution is 14.1. The van der Waals surface area contributed by atoms with Crippen LogP contribution in [-0.2, 0) is 12.8 Å². The van der Waals surface area contributed by atoms with E-state index in [4.69, 9.17) is 5.73 Å². The Balaban J connectivity index is 1.93. The van der Waals surface area contributed by atoms with E-state index in [1.165, 1.54) is 11.1 Å². The molecule has 1 aliphatic carbocycles. The van der Waals surface area contributed by atoms with Crippen LogP contribution in [0.2, 0.25) is 0 Å². The van der Waals surface area contributed by atoms with Crippen LogP contribution in [0.3, 0.4) is 0 Å². The summed E-state index contributed by atoms with van der Waals surface area (Å²) in [4.78, 5) is 9.12. The van der Waals surface area contributed by atoms with E-state index in [2.05, 4.69) is 56.8 Å². The van der Waals surface area contributed by atoms with Gasteiger partial charge in [-0.05, 0) is 59.9 Å². The van der Waals surface area contributed by atoms with E-state index in [0.29, 0.717) is 11.7 Å². The molecular formula is C15H16IN3. The van der Waals surface area contributed by atoms with Gasteiger partial charge in [-0.3, -0.25) is 0 Å². The number of rotatable bonds is 1. The van der Waals surface area contributed by atoms with Crippen molar-refractivity contribution in [2.75, 3.05) is 5.73 Å². The number of anilines is 1. The SMILES string of the molecule is Cc1nc(C2CCc3ccccc3C2)nc(N)c1I. The van der Waals surface area contributed by atoms with Crippen LogP contribution in [0.5, 0.6) is 0 Å². The summed E-state index contributed by atoms with van der Waals surface area (Å²) in [5.41, 5.74) is 9.85. The molecule has 2 N–H and O–H groups in total. The van der Waals surface area contributed by atoms with E-state index in [1.54, 1.807) is 0 Å². The van der Waals surface area contributed by atoms with Crippen molar-refractivity contribution in [2.45, 2.75) is 32.1 Å². The molecule has 19 heavy (non-hydrogen) atoms. The molecule has 0 fully saturated rings. The standard InChI is InChI=1S/C15H16IN3/c1-9-13(16)14(17)19-15(18-9)12-7-6-10-4-2-3-5-11(10)8-12/h2-5,12H,6-8H2,1H3,(H2,17,18,19). The summed E-state index contributed by atoms with van der Waals surface area (Å²) >= 11 is 2.21. The summed E-state index contributed by atoms with van der Waals surface area (Å²) in [6.07, 6.45) is 3.24. The number of hydrogen-bond donors (Lipinski definition) is 1. The number of nitrogens with two attached hydrogens (primary N) is 1. The summed E-state index contributed by atoms with van der Waals surface area (Å²) in [5, 5.41) is 0. The lowest BCUT2D eigenvalue weighted by Crippen LogP contribution is -2.17. The lowest BCUT2D eigenvalue weighted by molar-refractivity contribution is 0.553. The average Bonchev–Trinajstić information content (AvgIpc) is 2.43. The molecule has 2 aromatic rings. The fourth-order valence-electron chi connectivity index (χ4n) is 2.70. The van der Waals surface area contributed by atoms with Gasteiger partial charge in [0, 0.05) is 5.92 Å². The topological polar surface area (TPSA) is 51.8 Å². The van der Waals surface area contributed by atoms with Gasteiger partial charge in [-0.15, -0.1) is 0 Å². The molecule has 0 amide bonds. The molecule has 1 unspecified atom stereocenters. The molecule has 3 rings (SSSR count). The second-order valence-electron chi connectivity index (χ2n) is 5.07. The summed E-state index contributed by atoms with van der Waals surface area (Å²) in [6.45, 7) is 2.00. The van der Waals surface area contributed by atoms with Gasteiger partial charge in [0.25, 0.3) is 0 Å². The maximum Gasteiger partial charge on any atom is 0.140 e. The van der Waals surface area contributed by atoms with Crippen LogP contribution in [0.4, 0.5) is 5.82 Å². The highest BCUT2D eigenvalue weighted by Crippen LogP contribution is 2.32. The first-order valence-electron chi connectivity index (χ1n) is 6.51. The normalized spacial score (nSPS) is 18.1. The predicted octanol–water partition coefficient (Wildman–Crippen LogP) is 3.24. The van der Waals surface area contributed by atoms with E-state index < -0.39 is 0 Å². The molecule has 3 nitrogen and oxygen atoms in total. The molecule has 1 heterocycles. The number of aromatic nitrogens is 2. The summed E-state index contributed by atoms with van der Waals surface area (Å²) in [7, 11) is 0. The molecule has 1 aliphatic rings. The molecule has 0 spiro atoms. The Morgan fingerprint density at radius 2 is 1.95 bits per heavy atom. The van der Waals surface area contributed by atoms with Crippen molar-refractivity contribution in [1.29, 1.82) is 0 Å². The minimum absolute atomic E-state index is 0.396. The maximum atomic E-state index is 5.96. The van der Waals surface area contributed by atoms with Gasteiger partial charge in [-0.2, -0.15) is 0 Å². The molecule has 98 valence electrons. The number of fused-ring (bicyclic) bond motifs is 1. The molecule has 1 aromatic carbocycles. The Bertz CT molecular complexity index is 602. The Hall–Kier alpha value is -1.17. The van der Waals surface area contributed by atoms with E-state index in [9.17, 15) is 0 Å². The highest BCUT2D eigenvalue weighted by Gasteiger charge is 2.23. The maximum absolute atomic E-state index is 5.96. The summed E-state index contributed by atoms with van der Waals surface area (Å²) in [6, 6.07) is 8.66. The van der Waals surface area contributed by atoms with Gasteiger partial charge in [-0.25, -0.2) is 9.97 Å². The van der Waals surface area contributed by atoms with Crippen LogP contribution in [0.1, 0.15) is 35.0 Å². The molecule has 0 saturated carbocycles. The molecule has 0 aliphatic heterocycles. The van der Waals surface area contributed by atoms with Gasteiger partial charge in [-0.1, -0.05) is 24.3 Å². The monoisotopic (exact) mass is 365 g/mol. The lowest BCUT2D eigenvalue weighted by Gasteiger charge is -2.24.